The van der Waals surface area contributed by atoms with E-state index in [0.29, 0.717) is 23.9 Å². The van der Waals surface area contributed by atoms with E-state index in [9.17, 15) is 19.5 Å². The summed E-state index contributed by atoms with van der Waals surface area (Å²) in [6.07, 6.45) is 67.6. The Hall–Kier alpha value is -3.79. The second-order valence-corrected chi connectivity index (χ2v) is 19.9. The summed E-state index contributed by atoms with van der Waals surface area (Å²) in [5.41, 5.74) is 0. The van der Waals surface area contributed by atoms with Gasteiger partial charge in [-0.3, -0.25) is 9.59 Å². The fourth-order valence-electron chi connectivity index (χ4n) is 7.50. The normalized spacial score (nSPS) is 13.5. The lowest BCUT2D eigenvalue weighted by atomic mass is 10.0. The zero-order chi connectivity index (χ0) is 52.0. The molecule has 2 atom stereocenters. The highest BCUT2D eigenvalue weighted by molar-refractivity contribution is 5.71. The Kier molecular flexibility index (Phi) is 49.7. The molecule has 0 heterocycles. The van der Waals surface area contributed by atoms with Gasteiger partial charge in [0.15, 0.2) is 6.10 Å². The van der Waals surface area contributed by atoms with Crippen LogP contribution in [0.4, 0.5) is 0 Å². The third-order valence-corrected chi connectivity index (χ3v) is 11.9. The van der Waals surface area contributed by atoms with Crippen LogP contribution in [-0.4, -0.2) is 87.4 Å². The Labute approximate surface area is 435 Å². The number of quaternary nitrogens is 1. The number of carboxylic acids is 1. The standard InChI is InChI=1S/C62H105NO8/c1-6-8-10-12-14-16-18-20-22-23-24-25-26-27-28-29-30-31-32-33-34-35-36-37-39-41-43-45-47-49-51-53-60(65)71-58(57-70-62(61(66)67)68-55-54-63(3,4)5)56-69-59(64)52-50-48-46-44-42-40-38-21-19-17-15-13-11-9-7-2/h8,10,14,16,20,22,24-25,27-28,30-31,33-34,36-37,58,62H,6-7,9,11-13,15,17-19,21,23,26,29,32,35,38-57H2,1-5H3/p+1/b10-8-,16-14-,22-20-,25-24-,28-27-,31-30-,34-33-,37-36-. The minimum absolute atomic E-state index is 0.181. The van der Waals surface area contributed by atoms with Gasteiger partial charge in [0, 0.05) is 12.8 Å². The molecule has 71 heavy (non-hydrogen) atoms. The van der Waals surface area contributed by atoms with Gasteiger partial charge in [0.25, 0.3) is 6.29 Å². The zero-order valence-electron chi connectivity index (χ0n) is 46.1. The molecular formula is C62H106NO8+. The van der Waals surface area contributed by atoms with Crippen molar-refractivity contribution in [3.05, 3.63) is 97.2 Å². The molecule has 0 radical (unpaired) electrons. The lowest BCUT2D eigenvalue weighted by molar-refractivity contribution is -0.870. The molecule has 0 amide bonds. The third-order valence-electron chi connectivity index (χ3n) is 11.9. The van der Waals surface area contributed by atoms with Crippen LogP contribution in [0.5, 0.6) is 0 Å². The van der Waals surface area contributed by atoms with Gasteiger partial charge in [-0.15, -0.1) is 0 Å². The minimum Gasteiger partial charge on any atom is -0.477 e. The lowest BCUT2D eigenvalue weighted by Gasteiger charge is -2.25. The van der Waals surface area contributed by atoms with E-state index < -0.39 is 24.3 Å². The van der Waals surface area contributed by atoms with Crippen molar-refractivity contribution in [1.29, 1.82) is 0 Å². The topological polar surface area (TPSA) is 108 Å². The van der Waals surface area contributed by atoms with E-state index in [1.807, 2.05) is 21.1 Å². The number of ether oxygens (including phenoxy) is 4. The SMILES string of the molecule is CC/C=C\C/C=C\C/C=C\C/C=C\C/C=C\C/C=C\C/C=C\C/C=C\CCCCCCCCC(=O)OC(COC(=O)CCCCCCCCCCCCCCCCC)COC(OCC[N+](C)(C)C)C(=O)O. The highest BCUT2D eigenvalue weighted by atomic mass is 16.7. The number of hydrogen-bond acceptors (Lipinski definition) is 7. The van der Waals surface area contributed by atoms with Crippen LogP contribution in [-0.2, 0) is 33.3 Å². The van der Waals surface area contributed by atoms with Crippen molar-refractivity contribution in [2.75, 3.05) is 47.5 Å². The van der Waals surface area contributed by atoms with Crippen molar-refractivity contribution in [3.8, 4) is 0 Å². The minimum atomic E-state index is -1.52. The fourth-order valence-corrected chi connectivity index (χ4v) is 7.50. The van der Waals surface area contributed by atoms with Gasteiger partial charge in [0.05, 0.1) is 34.4 Å². The van der Waals surface area contributed by atoms with Crippen LogP contribution >= 0.6 is 0 Å². The molecule has 0 saturated carbocycles. The molecule has 0 aromatic rings. The van der Waals surface area contributed by atoms with Crippen LogP contribution in [0.25, 0.3) is 0 Å². The zero-order valence-corrected chi connectivity index (χ0v) is 46.1. The first kappa shape index (κ1) is 67.2. The molecule has 0 aliphatic carbocycles. The maximum absolute atomic E-state index is 12.9. The molecule has 0 aromatic carbocycles. The molecule has 0 aliphatic rings. The summed E-state index contributed by atoms with van der Waals surface area (Å²) in [4.78, 5) is 37.4. The van der Waals surface area contributed by atoms with Crippen LogP contribution < -0.4 is 0 Å². The molecule has 406 valence electrons. The quantitative estimate of drug-likeness (QED) is 0.0211. The van der Waals surface area contributed by atoms with E-state index in [2.05, 4.69) is 111 Å². The van der Waals surface area contributed by atoms with Crippen LogP contribution in [0.3, 0.4) is 0 Å². The highest BCUT2D eigenvalue weighted by Gasteiger charge is 2.25. The Morgan fingerprint density at radius 3 is 1.20 bits per heavy atom. The monoisotopic (exact) mass is 993 g/mol. The average molecular weight is 994 g/mol. The number of esters is 2. The molecule has 0 aromatic heterocycles. The molecule has 0 bridgehead atoms. The Balaban J connectivity index is 4.29. The van der Waals surface area contributed by atoms with E-state index in [-0.39, 0.29) is 32.2 Å². The van der Waals surface area contributed by atoms with Crippen molar-refractivity contribution >= 4 is 17.9 Å². The maximum atomic E-state index is 12.9. The first-order valence-corrected chi connectivity index (χ1v) is 28.4. The van der Waals surface area contributed by atoms with Gasteiger partial charge in [0.1, 0.15) is 13.2 Å². The first-order valence-electron chi connectivity index (χ1n) is 28.4. The van der Waals surface area contributed by atoms with Crippen LogP contribution in [0, 0.1) is 0 Å². The average Bonchev–Trinajstić information content (AvgIpc) is 3.34. The lowest BCUT2D eigenvalue weighted by Crippen LogP contribution is -2.40. The number of allylic oxidation sites excluding steroid dienone is 16. The van der Waals surface area contributed by atoms with Crippen LogP contribution in [0.15, 0.2) is 97.2 Å². The van der Waals surface area contributed by atoms with E-state index >= 15 is 0 Å². The van der Waals surface area contributed by atoms with Crippen LogP contribution in [0.1, 0.15) is 219 Å². The number of nitrogens with zero attached hydrogens (tertiary/aromatic N) is 1. The van der Waals surface area contributed by atoms with E-state index in [1.165, 1.54) is 77.0 Å². The van der Waals surface area contributed by atoms with Crippen molar-refractivity contribution < 1.29 is 42.9 Å². The Morgan fingerprint density at radius 2 is 0.803 bits per heavy atom. The summed E-state index contributed by atoms with van der Waals surface area (Å²) in [7, 11) is 5.95. The van der Waals surface area contributed by atoms with Gasteiger partial charge in [-0.25, -0.2) is 4.79 Å². The number of carbonyl (C=O) groups excluding carboxylic acids is 2. The molecule has 2 unspecified atom stereocenters. The molecule has 0 saturated heterocycles. The van der Waals surface area contributed by atoms with E-state index in [0.717, 1.165) is 109 Å². The number of aliphatic carboxylic acids is 1. The van der Waals surface area contributed by atoms with Gasteiger partial charge < -0.3 is 28.5 Å². The number of rotatable bonds is 51. The summed E-state index contributed by atoms with van der Waals surface area (Å²) >= 11 is 0. The molecule has 1 N–H and O–H groups in total. The van der Waals surface area contributed by atoms with Gasteiger partial charge in [-0.2, -0.15) is 0 Å². The smallest absolute Gasteiger partial charge is 0.361 e. The van der Waals surface area contributed by atoms with E-state index in [4.69, 9.17) is 18.9 Å². The molecule has 0 rings (SSSR count). The second-order valence-electron chi connectivity index (χ2n) is 19.9. The van der Waals surface area contributed by atoms with Gasteiger partial charge in [0.2, 0.25) is 0 Å². The summed E-state index contributed by atoms with van der Waals surface area (Å²) < 4.78 is 22.8. The molecule has 0 spiro atoms. The van der Waals surface area contributed by atoms with Gasteiger partial charge in [-0.05, 0) is 77.0 Å². The maximum Gasteiger partial charge on any atom is 0.361 e. The summed E-state index contributed by atoms with van der Waals surface area (Å²) in [6.45, 7) is 4.74. The molecule has 9 heteroatoms. The van der Waals surface area contributed by atoms with Crippen molar-refractivity contribution in [1.82, 2.24) is 0 Å². The number of likely N-dealkylation sites (N-methyl/N-ethyl adjacent to an activating group) is 1. The molecule has 9 nitrogen and oxygen atoms in total. The predicted molar refractivity (Wildman–Crippen MR) is 299 cm³/mol. The molecule has 0 aliphatic heterocycles. The van der Waals surface area contributed by atoms with Crippen molar-refractivity contribution in [2.24, 2.45) is 0 Å². The third kappa shape index (κ3) is 53.8. The summed E-state index contributed by atoms with van der Waals surface area (Å²) in [5, 5.41) is 9.69. The van der Waals surface area contributed by atoms with Gasteiger partial charge >= 0.3 is 17.9 Å². The highest BCUT2D eigenvalue weighted by Crippen LogP contribution is 2.15. The molecule has 0 fully saturated rings. The number of carboxylic acid groups (broad SMARTS) is 1. The second kappa shape index (κ2) is 52.5. The van der Waals surface area contributed by atoms with Crippen LogP contribution in [0.2, 0.25) is 0 Å². The summed E-state index contributed by atoms with van der Waals surface area (Å²) in [5.74, 6) is -2.03. The first-order chi connectivity index (χ1) is 34.6. The number of carbonyl (C=O) groups is 3. The Bertz CT molecular complexity index is 1480. The summed E-state index contributed by atoms with van der Waals surface area (Å²) in [6, 6.07) is 0. The van der Waals surface area contributed by atoms with Crippen molar-refractivity contribution in [2.45, 2.75) is 232 Å². The fraction of sp³-hybridized carbons (Fsp3) is 0.694. The number of hydrogen-bond donors (Lipinski definition) is 1. The Morgan fingerprint density at radius 1 is 0.437 bits per heavy atom. The van der Waals surface area contributed by atoms with E-state index in [1.54, 1.807) is 0 Å². The van der Waals surface area contributed by atoms with Gasteiger partial charge in [-0.1, -0.05) is 227 Å². The number of unbranched alkanes of at least 4 members (excludes halogenated alkanes) is 20. The molecular weight excluding hydrogens is 887 g/mol. The van der Waals surface area contributed by atoms with Crippen molar-refractivity contribution in [3.63, 3.8) is 0 Å². The largest absolute Gasteiger partial charge is 0.477 e. The predicted octanol–water partition coefficient (Wildman–Crippen LogP) is 16.6.